The van der Waals surface area contributed by atoms with Crippen LogP contribution in [0.2, 0.25) is 0 Å². The van der Waals surface area contributed by atoms with Crippen molar-refractivity contribution in [2.45, 2.75) is 32.2 Å². The van der Waals surface area contributed by atoms with E-state index in [1.807, 2.05) is 7.05 Å². The highest BCUT2D eigenvalue weighted by atomic mass is 127. The molecule has 0 spiro atoms. The van der Waals surface area contributed by atoms with E-state index in [0.717, 1.165) is 18.9 Å². The highest BCUT2D eigenvalue weighted by Crippen LogP contribution is 2.24. The third-order valence-electron chi connectivity index (χ3n) is 5.78. The second kappa shape index (κ2) is 10.7. The number of anilines is 1. The summed E-state index contributed by atoms with van der Waals surface area (Å²) < 4.78 is 0. The lowest BCUT2D eigenvalue weighted by Gasteiger charge is -2.22. The van der Waals surface area contributed by atoms with Crippen LogP contribution in [0.1, 0.15) is 36.9 Å². The summed E-state index contributed by atoms with van der Waals surface area (Å²) in [6, 6.07) is 17.5. The van der Waals surface area contributed by atoms with Crippen molar-refractivity contribution in [3.63, 3.8) is 0 Å². The van der Waals surface area contributed by atoms with Crippen LogP contribution in [0.3, 0.4) is 0 Å². The molecule has 1 atom stereocenters. The van der Waals surface area contributed by atoms with E-state index in [1.165, 1.54) is 53.6 Å². The van der Waals surface area contributed by atoms with Gasteiger partial charge in [-0.05, 0) is 55.5 Å². The van der Waals surface area contributed by atoms with Crippen LogP contribution in [0.25, 0.3) is 10.9 Å². The predicted molar refractivity (Wildman–Crippen MR) is 138 cm³/mol. The maximum absolute atomic E-state index is 4.41. The smallest absolute Gasteiger partial charge is 0.191 e. The Morgan fingerprint density at radius 2 is 1.93 bits per heavy atom. The molecule has 6 heteroatoms. The fourth-order valence-electron chi connectivity index (χ4n) is 4.10. The van der Waals surface area contributed by atoms with Crippen molar-refractivity contribution in [3.8, 4) is 0 Å². The third kappa shape index (κ3) is 5.28. The summed E-state index contributed by atoms with van der Waals surface area (Å²) in [7, 11) is 1.83. The number of fused-ring (bicyclic) bond motifs is 1. The van der Waals surface area contributed by atoms with E-state index >= 15 is 0 Å². The monoisotopic (exact) mass is 517 g/mol. The molecule has 0 saturated carbocycles. The number of guanidine groups is 1. The Morgan fingerprint density at radius 1 is 1.13 bits per heavy atom. The molecule has 3 N–H and O–H groups in total. The second-order valence-electron chi connectivity index (χ2n) is 7.76. The number of aromatic amines is 1. The van der Waals surface area contributed by atoms with Crippen LogP contribution in [-0.4, -0.2) is 37.6 Å². The molecule has 160 valence electrons. The average molecular weight is 517 g/mol. The molecule has 0 radical (unpaired) electrons. The zero-order valence-electron chi connectivity index (χ0n) is 17.8. The van der Waals surface area contributed by atoms with Gasteiger partial charge in [-0.25, -0.2) is 0 Å². The van der Waals surface area contributed by atoms with Crippen LogP contribution >= 0.6 is 24.0 Å². The van der Waals surface area contributed by atoms with E-state index in [9.17, 15) is 0 Å². The maximum atomic E-state index is 4.41. The molecule has 3 aromatic rings. The SMILES string of the molecule is CN=C(NCCc1c[nH]c2ccccc12)NC(C)c1cccc(N2CCCC2)c1.I. The first-order valence-electron chi connectivity index (χ1n) is 10.6. The van der Waals surface area contributed by atoms with Crippen molar-refractivity contribution < 1.29 is 0 Å². The Bertz CT molecular complexity index is 974. The molecule has 0 bridgehead atoms. The summed E-state index contributed by atoms with van der Waals surface area (Å²) in [6.45, 7) is 5.36. The van der Waals surface area contributed by atoms with Crippen LogP contribution in [0.4, 0.5) is 5.69 Å². The van der Waals surface area contributed by atoms with Gasteiger partial charge in [0.2, 0.25) is 0 Å². The number of benzene rings is 2. The number of hydrogen-bond acceptors (Lipinski definition) is 2. The molecule has 0 aliphatic carbocycles. The molecule has 1 unspecified atom stereocenters. The maximum Gasteiger partial charge on any atom is 0.191 e. The molecule has 4 rings (SSSR count). The predicted octanol–water partition coefficient (Wildman–Crippen LogP) is 4.85. The number of H-pyrrole nitrogens is 1. The van der Waals surface area contributed by atoms with E-state index in [-0.39, 0.29) is 30.0 Å². The fourth-order valence-corrected chi connectivity index (χ4v) is 4.10. The van der Waals surface area contributed by atoms with Crippen LogP contribution in [0.15, 0.2) is 59.7 Å². The molecular weight excluding hydrogens is 485 g/mol. The zero-order chi connectivity index (χ0) is 20.1. The van der Waals surface area contributed by atoms with Gasteiger partial charge in [-0.1, -0.05) is 30.3 Å². The summed E-state index contributed by atoms with van der Waals surface area (Å²) in [5.41, 5.74) is 5.14. The van der Waals surface area contributed by atoms with E-state index < -0.39 is 0 Å². The third-order valence-corrected chi connectivity index (χ3v) is 5.78. The molecule has 30 heavy (non-hydrogen) atoms. The number of hydrogen-bond donors (Lipinski definition) is 3. The van der Waals surface area contributed by atoms with E-state index in [4.69, 9.17) is 0 Å². The summed E-state index contributed by atoms with van der Waals surface area (Å²) in [5, 5.41) is 8.28. The molecule has 2 aromatic carbocycles. The van der Waals surface area contributed by atoms with Gasteiger partial charge in [-0.15, -0.1) is 24.0 Å². The standard InChI is InChI=1S/C24H31N5.HI/c1-18(19-8-7-9-21(16-19)29-14-5-6-15-29)28-24(25-2)26-13-12-20-17-27-23-11-4-3-10-22(20)23;/h3-4,7-11,16-18,27H,5-6,12-15H2,1-2H3,(H2,25,26,28);1H. The molecule has 1 aliphatic rings. The van der Waals surface area contributed by atoms with Gasteiger partial charge >= 0.3 is 0 Å². The molecule has 0 amide bonds. The minimum absolute atomic E-state index is 0. The first-order chi connectivity index (χ1) is 14.2. The number of para-hydroxylation sites is 1. The number of nitrogens with zero attached hydrogens (tertiary/aromatic N) is 2. The Hall–Kier alpha value is -2.22. The van der Waals surface area contributed by atoms with Gasteiger partial charge in [0, 0.05) is 49.5 Å². The number of aromatic nitrogens is 1. The molecule has 1 aromatic heterocycles. The van der Waals surface area contributed by atoms with Crippen molar-refractivity contribution in [1.29, 1.82) is 0 Å². The second-order valence-corrected chi connectivity index (χ2v) is 7.76. The summed E-state index contributed by atoms with van der Waals surface area (Å²) in [4.78, 5) is 10.2. The van der Waals surface area contributed by atoms with Crippen molar-refractivity contribution in [3.05, 3.63) is 65.9 Å². The van der Waals surface area contributed by atoms with Crippen LogP contribution in [-0.2, 0) is 6.42 Å². The highest BCUT2D eigenvalue weighted by Gasteiger charge is 2.14. The van der Waals surface area contributed by atoms with Crippen molar-refractivity contribution in [2.75, 3.05) is 31.6 Å². The minimum atomic E-state index is 0. The van der Waals surface area contributed by atoms with Gasteiger partial charge in [0.1, 0.15) is 0 Å². The first-order valence-corrected chi connectivity index (χ1v) is 10.6. The number of nitrogens with one attached hydrogen (secondary N) is 3. The summed E-state index contributed by atoms with van der Waals surface area (Å²) in [6.07, 6.45) is 5.65. The Morgan fingerprint density at radius 3 is 2.73 bits per heavy atom. The lowest BCUT2D eigenvalue weighted by Crippen LogP contribution is -2.39. The van der Waals surface area contributed by atoms with Crippen LogP contribution in [0.5, 0.6) is 0 Å². The normalized spacial score (nSPS) is 15.1. The van der Waals surface area contributed by atoms with Crippen molar-refractivity contribution in [1.82, 2.24) is 15.6 Å². The highest BCUT2D eigenvalue weighted by molar-refractivity contribution is 14.0. The lowest BCUT2D eigenvalue weighted by atomic mass is 10.1. The van der Waals surface area contributed by atoms with E-state index in [0.29, 0.717) is 0 Å². The molecule has 1 aliphatic heterocycles. The van der Waals surface area contributed by atoms with E-state index in [2.05, 4.69) is 87.2 Å². The summed E-state index contributed by atoms with van der Waals surface area (Å²) in [5.74, 6) is 0.837. The van der Waals surface area contributed by atoms with Gasteiger partial charge in [-0.3, -0.25) is 4.99 Å². The quantitative estimate of drug-likeness (QED) is 0.249. The largest absolute Gasteiger partial charge is 0.372 e. The minimum Gasteiger partial charge on any atom is -0.372 e. The van der Waals surface area contributed by atoms with Crippen molar-refractivity contribution in [2.24, 2.45) is 4.99 Å². The van der Waals surface area contributed by atoms with Crippen LogP contribution < -0.4 is 15.5 Å². The number of halogens is 1. The molecule has 5 nitrogen and oxygen atoms in total. The van der Waals surface area contributed by atoms with Gasteiger partial charge in [-0.2, -0.15) is 0 Å². The zero-order valence-corrected chi connectivity index (χ0v) is 20.1. The molecule has 2 heterocycles. The Kier molecular flexibility index (Phi) is 8.01. The topological polar surface area (TPSA) is 55.5 Å². The molecule has 1 saturated heterocycles. The van der Waals surface area contributed by atoms with Gasteiger partial charge in [0.05, 0.1) is 6.04 Å². The Balaban J connectivity index is 0.00000256. The molecular formula is C24H32IN5. The first kappa shape index (κ1) is 22.5. The molecule has 1 fully saturated rings. The lowest BCUT2D eigenvalue weighted by molar-refractivity contribution is 0.684. The Labute approximate surface area is 196 Å². The van der Waals surface area contributed by atoms with Gasteiger partial charge < -0.3 is 20.5 Å². The fraction of sp³-hybridized carbons (Fsp3) is 0.375. The van der Waals surface area contributed by atoms with Crippen LogP contribution in [0, 0.1) is 0 Å². The number of aliphatic imine (C=N–C) groups is 1. The van der Waals surface area contributed by atoms with Crippen molar-refractivity contribution >= 4 is 46.5 Å². The number of rotatable bonds is 6. The summed E-state index contributed by atoms with van der Waals surface area (Å²) >= 11 is 0. The van der Waals surface area contributed by atoms with Gasteiger partial charge in [0.15, 0.2) is 5.96 Å². The average Bonchev–Trinajstić information content (AvgIpc) is 3.43. The van der Waals surface area contributed by atoms with Gasteiger partial charge in [0.25, 0.3) is 0 Å². The van der Waals surface area contributed by atoms with E-state index in [1.54, 1.807) is 0 Å².